The Hall–Kier alpha value is 0.130. The van der Waals surface area contributed by atoms with E-state index in [0.29, 0.717) is 12.3 Å². The minimum absolute atomic E-state index is 0.0193. The van der Waals surface area contributed by atoms with E-state index in [4.69, 9.17) is 0 Å². The number of hydrogen-bond acceptors (Lipinski definition) is 4. The maximum atomic E-state index is 12.4. The van der Waals surface area contributed by atoms with Crippen LogP contribution >= 0.6 is 21.6 Å². The molecule has 6 unspecified atom stereocenters. The smallest absolute Gasteiger partial charge is 0.220 e. The summed E-state index contributed by atoms with van der Waals surface area (Å²) in [5.74, 6) is 8.26. The van der Waals surface area contributed by atoms with E-state index < -0.39 is 0 Å². The molecular weight excluding hydrogens is 446 g/mol. The van der Waals surface area contributed by atoms with Crippen LogP contribution in [0.1, 0.15) is 98.3 Å². The molecule has 4 aliphatic carbocycles. The van der Waals surface area contributed by atoms with E-state index in [9.17, 15) is 9.90 Å². The predicted octanol–water partition coefficient (Wildman–Crippen LogP) is 6.94. The van der Waals surface area contributed by atoms with Crippen molar-refractivity contribution in [1.29, 1.82) is 0 Å². The second kappa shape index (κ2) is 11.5. The number of carbonyl (C=O) groups excluding carboxylic acids is 1. The van der Waals surface area contributed by atoms with Gasteiger partial charge in [0.15, 0.2) is 0 Å². The maximum Gasteiger partial charge on any atom is 0.220 e. The van der Waals surface area contributed by atoms with E-state index in [-0.39, 0.29) is 16.8 Å². The number of aliphatic hydroxyl groups excluding tert-OH is 1. The number of carbonyl (C=O) groups is 1. The van der Waals surface area contributed by atoms with E-state index in [0.717, 1.165) is 73.0 Å². The molecule has 33 heavy (non-hydrogen) atoms. The Kier molecular flexibility index (Phi) is 9.10. The molecule has 4 fully saturated rings. The Morgan fingerprint density at radius 3 is 2.36 bits per heavy atom. The predicted molar refractivity (Wildman–Crippen MR) is 143 cm³/mol. The number of amides is 1. The topological polar surface area (TPSA) is 49.3 Å². The molecule has 4 saturated carbocycles. The summed E-state index contributed by atoms with van der Waals surface area (Å²) in [7, 11) is 3.76. The highest BCUT2D eigenvalue weighted by atomic mass is 33.1. The summed E-state index contributed by atoms with van der Waals surface area (Å²) < 4.78 is 0.278. The van der Waals surface area contributed by atoms with Gasteiger partial charge in [0.05, 0.1) is 6.10 Å². The summed E-state index contributed by atoms with van der Waals surface area (Å²) in [6.45, 7) is 9.92. The van der Waals surface area contributed by atoms with Gasteiger partial charge in [-0.3, -0.25) is 4.79 Å². The van der Waals surface area contributed by atoms with Gasteiger partial charge in [-0.25, -0.2) is 0 Å². The second-order valence-electron chi connectivity index (χ2n) is 12.8. The van der Waals surface area contributed by atoms with E-state index in [1.165, 1.54) is 44.9 Å². The van der Waals surface area contributed by atoms with E-state index in [2.05, 4.69) is 33.0 Å². The van der Waals surface area contributed by atoms with Crippen molar-refractivity contribution in [3.63, 3.8) is 0 Å². The van der Waals surface area contributed by atoms with Crippen LogP contribution < -0.4 is 5.32 Å². The molecular formula is C28H49NO2S2. The lowest BCUT2D eigenvalue weighted by molar-refractivity contribution is -0.121. The fourth-order valence-corrected chi connectivity index (χ4v) is 10.5. The van der Waals surface area contributed by atoms with Crippen LogP contribution in [0.4, 0.5) is 0 Å². The molecule has 4 rings (SSSR count). The zero-order chi connectivity index (χ0) is 23.6. The first kappa shape index (κ1) is 26.2. The van der Waals surface area contributed by atoms with Crippen LogP contribution in [0.5, 0.6) is 0 Å². The lowest BCUT2D eigenvalue weighted by atomic mass is 9.53. The molecule has 1 amide bonds. The van der Waals surface area contributed by atoms with Crippen molar-refractivity contribution in [2.45, 2.75) is 109 Å². The molecule has 0 aliphatic heterocycles. The zero-order valence-electron chi connectivity index (χ0n) is 21.6. The summed E-state index contributed by atoms with van der Waals surface area (Å²) in [6.07, 6.45) is 13.7. The molecule has 0 heterocycles. The van der Waals surface area contributed by atoms with Crippen molar-refractivity contribution in [3.8, 4) is 0 Å². The fourth-order valence-electron chi connectivity index (χ4n) is 8.35. The average molecular weight is 496 g/mol. The van der Waals surface area contributed by atoms with Gasteiger partial charge in [0.25, 0.3) is 0 Å². The second-order valence-corrected chi connectivity index (χ2v) is 16.1. The van der Waals surface area contributed by atoms with Crippen LogP contribution in [0, 0.1) is 47.3 Å². The molecule has 0 spiro atoms. The third-order valence-corrected chi connectivity index (χ3v) is 13.0. The molecule has 0 aromatic rings. The van der Waals surface area contributed by atoms with Crippen molar-refractivity contribution in [2.24, 2.45) is 47.3 Å². The molecule has 0 aromatic heterocycles. The Balaban J connectivity index is 1.20. The average Bonchev–Trinajstić information content (AvgIpc) is 3.20. The third kappa shape index (κ3) is 6.67. The summed E-state index contributed by atoms with van der Waals surface area (Å²) in [6, 6.07) is 0. The van der Waals surface area contributed by atoms with E-state index in [1.807, 2.05) is 21.6 Å². The Morgan fingerprint density at radius 2 is 1.58 bits per heavy atom. The summed E-state index contributed by atoms with van der Waals surface area (Å²) in [5.41, 5.74) is 0. The number of rotatable bonds is 8. The first-order chi connectivity index (χ1) is 15.7. The van der Waals surface area contributed by atoms with Crippen LogP contribution in [0.15, 0.2) is 0 Å². The first-order valence-electron chi connectivity index (χ1n) is 14.0. The van der Waals surface area contributed by atoms with Crippen molar-refractivity contribution < 1.29 is 9.90 Å². The van der Waals surface area contributed by atoms with Gasteiger partial charge >= 0.3 is 0 Å². The number of hydrogen-bond donors (Lipinski definition) is 2. The van der Waals surface area contributed by atoms with Gasteiger partial charge in [0.2, 0.25) is 5.91 Å². The Bertz CT molecular complexity index is 650. The van der Waals surface area contributed by atoms with Crippen molar-refractivity contribution >= 4 is 27.5 Å². The fraction of sp³-hybridized carbons (Fsp3) is 0.964. The minimum atomic E-state index is -0.0193. The maximum absolute atomic E-state index is 12.4. The van der Waals surface area contributed by atoms with Crippen LogP contribution in [-0.2, 0) is 4.79 Å². The SMILES string of the molecule is C[C@H](CCC(=O)NCCSSC(C)(C)C)[C@H]1CCC2C3CCC4C[C@H](O)CCC4C3CCC21. The highest BCUT2D eigenvalue weighted by Crippen LogP contribution is 2.60. The van der Waals surface area contributed by atoms with Gasteiger partial charge in [0.1, 0.15) is 0 Å². The van der Waals surface area contributed by atoms with Crippen molar-refractivity contribution in [3.05, 3.63) is 0 Å². The monoisotopic (exact) mass is 495 g/mol. The number of nitrogens with one attached hydrogen (secondary N) is 1. The lowest BCUT2D eigenvalue weighted by Crippen LogP contribution is -2.46. The van der Waals surface area contributed by atoms with Crippen LogP contribution in [-0.4, -0.2) is 34.2 Å². The van der Waals surface area contributed by atoms with E-state index >= 15 is 0 Å². The highest BCUT2D eigenvalue weighted by Gasteiger charge is 2.52. The molecule has 0 aromatic carbocycles. The van der Waals surface area contributed by atoms with Crippen molar-refractivity contribution in [2.75, 3.05) is 12.3 Å². The van der Waals surface area contributed by atoms with Crippen LogP contribution in [0.25, 0.3) is 0 Å². The molecule has 9 atom stereocenters. The quantitative estimate of drug-likeness (QED) is 0.283. The van der Waals surface area contributed by atoms with Crippen molar-refractivity contribution in [1.82, 2.24) is 5.32 Å². The minimum Gasteiger partial charge on any atom is -0.393 e. The molecule has 0 radical (unpaired) electrons. The lowest BCUT2D eigenvalue weighted by Gasteiger charge is -2.53. The van der Waals surface area contributed by atoms with Gasteiger partial charge in [0, 0.05) is 23.5 Å². The summed E-state index contributed by atoms with van der Waals surface area (Å²) in [4.78, 5) is 12.4. The Morgan fingerprint density at radius 1 is 0.939 bits per heavy atom. The standard InChI is InChI=1S/C28H49NO2S2/c1-18(5-14-27(31)29-15-16-32-33-28(2,3)4)21-10-11-26-23(21)12-13-24-22-9-7-20(30)17-19(22)6-8-25(24)26/h18-26,30H,5-17H2,1-4H3,(H,29,31)/t18-,19?,20-,21-,22?,23?,24?,25?,26?/m1/s1. The molecule has 4 aliphatic rings. The molecule has 0 bridgehead atoms. The number of aliphatic hydroxyl groups is 1. The molecule has 3 nitrogen and oxygen atoms in total. The van der Waals surface area contributed by atoms with Gasteiger partial charge in [-0.2, -0.15) is 0 Å². The normalized spacial score (nSPS) is 39.3. The highest BCUT2D eigenvalue weighted by molar-refractivity contribution is 8.77. The molecule has 190 valence electrons. The summed E-state index contributed by atoms with van der Waals surface area (Å²) in [5, 5.41) is 13.3. The van der Waals surface area contributed by atoms with E-state index in [1.54, 1.807) is 0 Å². The molecule has 5 heteroatoms. The Labute approximate surface area is 211 Å². The number of fused-ring (bicyclic) bond motifs is 5. The van der Waals surface area contributed by atoms with Gasteiger partial charge in [-0.15, -0.1) is 0 Å². The first-order valence-corrected chi connectivity index (χ1v) is 16.3. The molecule has 2 N–H and O–H groups in total. The zero-order valence-corrected chi connectivity index (χ0v) is 23.2. The summed E-state index contributed by atoms with van der Waals surface area (Å²) >= 11 is 0. The van der Waals surface area contributed by atoms with Gasteiger partial charge in [-0.1, -0.05) is 49.3 Å². The molecule has 0 saturated heterocycles. The van der Waals surface area contributed by atoms with Gasteiger partial charge < -0.3 is 10.4 Å². The van der Waals surface area contributed by atoms with Crippen LogP contribution in [0.3, 0.4) is 0 Å². The van der Waals surface area contributed by atoms with Crippen LogP contribution in [0.2, 0.25) is 0 Å². The van der Waals surface area contributed by atoms with Gasteiger partial charge in [-0.05, 0) is 112 Å². The third-order valence-electron chi connectivity index (χ3n) is 9.67. The largest absolute Gasteiger partial charge is 0.393 e.